The van der Waals surface area contributed by atoms with Crippen LogP contribution in [-0.2, 0) is 6.42 Å². The summed E-state index contributed by atoms with van der Waals surface area (Å²) < 4.78 is 0. The SMILES string of the molecule is OC(O)Cc1ccc(N2CCC(O)C2)cc1. The summed E-state index contributed by atoms with van der Waals surface area (Å²) in [5.41, 5.74) is 1.98. The number of hydrogen-bond acceptors (Lipinski definition) is 4. The van der Waals surface area contributed by atoms with Crippen LogP contribution in [0.25, 0.3) is 0 Å². The molecular formula is C12H17NO3. The quantitative estimate of drug-likeness (QED) is 0.636. The van der Waals surface area contributed by atoms with Gasteiger partial charge in [-0.25, -0.2) is 0 Å². The number of nitrogens with zero attached hydrogens (tertiary/aromatic N) is 1. The molecule has 1 fully saturated rings. The van der Waals surface area contributed by atoms with Gasteiger partial charge in [-0.1, -0.05) is 12.1 Å². The molecule has 0 saturated carbocycles. The highest BCUT2D eigenvalue weighted by Gasteiger charge is 2.20. The molecule has 0 aliphatic carbocycles. The van der Waals surface area contributed by atoms with Gasteiger partial charge < -0.3 is 20.2 Å². The molecule has 0 radical (unpaired) electrons. The molecule has 1 heterocycles. The zero-order chi connectivity index (χ0) is 11.5. The summed E-state index contributed by atoms with van der Waals surface area (Å²) in [7, 11) is 0. The maximum Gasteiger partial charge on any atom is 0.155 e. The van der Waals surface area contributed by atoms with Crippen molar-refractivity contribution in [3.63, 3.8) is 0 Å². The van der Waals surface area contributed by atoms with Gasteiger partial charge in [0.1, 0.15) is 0 Å². The van der Waals surface area contributed by atoms with Gasteiger partial charge in [0, 0.05) is 25.2 Å². The van der Waals surface area contributed by atoms with E-state index in [0.29, 0.717) is 6.54 Å². The number of β-amino-alcohol motifs (C(OH)–C–C–N with tert-alkyl or cyclic N) is 1. The molecule has 1 aromatic rings. The van der Waals surface area contributed by atoms with Crippen LogP contribution >= 0.6 is 0 Å². The molecule has 0 aromatic heterocycles. The summed E-state index contributed by atoms with van der Waals surface area (Å²) in [5, 5.41) is 27.1. The summed E-state index contributed by atoms with van der Waals surface area (Å²) in [5.74, 6) is 0. The minimum absolute atomic E-state index is 0.223. The van der Waals surface area contributed by atoms with Crippen molar-refractivity contribution in [3.05, 3.63) is 29.8 Å². The second-order valence-corrected chi connectivity index (χ2v) is 4.24. The van der Waals surface area contributed by atoms with Crippen molar-refractivity contribution >= 4 is 5.69 Å². The monoisotopic (exact) mass is 223 g/mol. The Kier molecular flexibility index (Phi) is 3.43. The highest BCUT2D eigenvalue weighted by atomic mass is 16.5. The Morgan fingerprint density at radius 3 is 2.44 bits per heavy atom. The van der Waals surface area contributed by atoms with Crippen molar-refractivity contribution in [2.45, 2.75) is 25.2 Å². The molecule has 1 aromatic carbocycles. The number of benzene rings is 1. The molecule has 4 nitrogen and oxygen atoms in total. The summed E-state index contributed by atoms with van der Waals surface area (Å²) in [6, 6.07) is 7.68. The van der Waals surface area contributed by atoms with Gasteiger partial charge >= 0.3 is 0 Å². The molecule has 0 bridgehead atoms. The molecule has 4 heteroatoms. The van der Waals surface area contributed by atoms with E-state index in [1.807, 2.05) is 24.3 Å². The van der Waals surface area contributed by atoms with Crippen LogP contribution in [0.4, 0.5) is 5.69 Å². The molecule has 1 atom stereocenters. The van der Waals surface area contributed by atoms with Gasteiger partial charge in [0.05, 0.1) is 6.10 Å². The minimum atomic E-state index is -1.29. The van der Waals surface area contributed by atoms with E-state index in [2.05, 4.69) is 4.90 Å². The predicted octanol–water partition coefficient (Wildman–Crippen LogP) is 0.111. The average Bonchev–Trinajstić information content (AvgIpc) is 2.65. The third-order valence-corrected chi connectivity index (χ3v) is 2.88. The summed E-state index contributed by atoms with van der Waals surface area (Å²) in [4.78, 5) is 2.13. The highest BCUT2D eigenvalue weighted by Crippen LogP contribution is 2.21. The first-order valence-corrected chi connectivity index (χ1v) is 5.53. The van der Waals surface area contributed by atoms with Crippen molar-refractivity contribution in [3.8, 4) is 0 Å². The topological polar surface area (TPSA) is 63.9 Å². The van der Waals surface area contributed by atoms with Crippen LogP contribution in [0.15, 0.2) is 24.3 Å². The van der Waals surface area contributed by atoms with E-state index in [9.17, 15) is 5.11 Å². The molecule has 1 aliphatic rings. The van der Waals surface area contributed by atoms with E-state index in [1.54, 1.807) is 0 Å². The first-order valence-electron chi connectivity index (χ1n) is 5.53. The van der Waals surface area contributed by atoms with Crippen molar-refractivity contribution in [1.82, 2.24) is 0 Å². The van der Waals surface area contributed by atoms with E-state index in [4.69, 9.17) is 10.2 Å². The zero-order valence-corrected chi connectivity index (χ0v) is 9.08. The molecular weight excluding hydrogens is 206 g/mol. The lowest BCUT2D eigenvalue weighted by Gasteiger charge is -2.18. The Morgan fingerprint density at radius 1 is 1.25 bits per heavy atom. The first-order chi connectivity index (χ1) is 7.65. The van der Waals surface area contributed by atoms with E-state index in [-0.39, 0.29) is 12.5 Å². The van der Waals surface area contributed by atoms with Crippen molar-refractivity contribution in [1.29, 1.82) is 0 Å². The van der Waals surface area contributed by atoms with Crippen molar-refractivity contribution in [2.75, 3.05) is 18.0 Å². The third-order valence-electron chi connectivity index (χ3n) is 2.88. The lowest BCUT2D eigenvalue weighted by Crippen LogP contribution is -2.21. The first kappa shape index (κ1) is 11.4. The number of anilines is 1. The van der Waals surface area contributed by atoms with Gasteiger partial charge in [0.15, 0.2) is 6.29 Å². The molecule has 0 amide bonds. The molecule has 1 aliphatic heterocycles. The smallest absolute Gasteiger partial charge is 0.155 e. The Balaban J connectivity index is 2.02. The number of aliphatic hydroxyl groups excluding tert-OH is 2. The highest BCUT2D eigenvalue weighted by molar-refractivity contribution is 5.48. The molecule has 1 saturated heterocycles. The van der Waals surface area contributed by atoms with Gasteiger partial charge in [-0.15, -0.1) is 0 Å². The van der Waals surface area contributed by atoms with Gasteiger partial charge in [0.2, 0.25) is 0 Å². The maximum absolute atomic E-state index is 9.43. The summed E-state index contributed by atoms with van der Waals surface area (Å²) >= 11 is 0. The van der Waals surface area contributed by atoms with Gasteiger partial charge in [0.25, 0.3) is 0 Å². The van der Waals surface area contributed by atoms with Gasteiger partial charge in [-0.05, 0) is 24.1 Å². The Hall–Kier alpha value is -1.10. The standard InChI is InChI=1S/C12H17NO3/c14-11-5-6-13(8-11)10-3-1-9(2-4-10)7-12(15)16/h1-4,11-12,14-16H,5-8H2. The molecule has 3 N–H and O–H groups in total. The molecule has 0 spiro atoms. The summed E-state index contributed by atoms with van der Waals surface area (Å²) in [6.07, 6.45) is -0.446. The number of rotatable bonds is 3. The number of aliphatic hydroxyl groups is 3. The van der Waals surface area contributed by atoms with Crippen molar-refractivity contribution < 1.29 is 15.3 Å². The van der Waals surface area contributed by atoms with Crippen LogP contribution in [0.3, 0.4) is 0 Å². The fourth-order valence-electron chi connectivity index (χ4n) is 2.03. The predicted molar refractivity (Wildman–Crippen MR) is 61.2 cm³/mol. The minimum Gasteiger partial charge on any atom is -0.391 e. The fraction of sp³-hybridized carbons (Fsp3) is 0.500. The second kappa shape index (κ2) is 4.82. The van der Waals surface area contributed by atoms with Crippen LogP contribution < -0.4 is 4.90 Å². The molecule has 88 valence electrons. The van der Waals surface area contributed by atoms with Gasteiger partial charge in [-0.3, -0.25) is 0 Å². The normalized spacial score (nSPS) is 20.8. The average molecular weight is 223 g/mol. The zero-order valence-electron chi connectivity index (χ0n) is 9.08. The van der Waals surface area contributed by atoms with Crippen molar-refractivity contribution in [2.24, 2.45) is 0 Å². The van der Waals surface area contributed by atoms with Crippen LogP contribution in [0.5, 0.6) is 0 Å². The third kappa shape index (κ3) is 2.72. The second-order valence-electron chi connectivity index (χ2n) is 4.24. The Morgan fingerprint density at radius 2 is 1.94 bits per heavy atom. The van der Waals surface area contributed by atoms with Crippen LogP contribution in [0, 0.1) is 0 Å². The Bertz CT molecular complexity index is 337. The number of hydrogen-bond donors (Lipinski definition) is 3. The maximum atomic E-state index is 9.43. The van der Waals surface area contributed by atoms with Crippen LogP contribution in [0.1, 0.15) is 12.0 Å². The lowest BCUT2D eigenvalue weighted by atomic mass is 10.1. The fourth-order valence-corrected chi connectivity index (χ4v) is 2.03. The van der Waals surface area contributed by atoms with Crippen LogP contribution in [-0.4, -0.2) is 40.8 Å². The van der Waals surface area contributed by atoms with Crippen LogP contribution in [0.2, 0.25) is 0 Å². The largest absolute Gasteiger partial charge is 0.391 e. The van der Waals surface area contributed by atoms with Gasteiger partial charge in [-0.2, -0.15) is 0 Å². The van der Waals surface area contributed by atoms with E-state index < -0.39 is 6.29 Å². The molecule has 2 rings (SSSR count). The Labute approximate surface area is 94.8 Å². The van der Waals surface area contributed by atoms with E-state index in [1.165, 1.54) is 0 Å². The summed E-state index contributed by atoms with van der Waals surface area (Å²) in [6.45, 7) is 1.56. The molecule has 16 heavy (non-hydrogen) atoms. The lowest BCUT2D eigenvalue weighted by molar-refractivity contribution is -0.0381. The van der Waals surface area contributed by atoms with E-state index >= 15 is 0 Å². The van der Waals surface area contributed by atoms with E-state index in [0.717, 1.165) is 24.2 Å². The molecule has 1 unspecified atom stereocenters.